The smallest absolute Gasteiger partial charge is 0.165 e. The van der Waals surface area contributed by atoms with Gasteiger partial charge >= 0.3 is 0 Å². The molecule has 6 heteroatoms. The topological polar surface area (TPSA) is 75.7 Å². The van der Waals surface area contributed by atoms with Crippen molar-refractivity contribution in [1.82, 2.24) is 0 Å². The largest absolute Gasteiger partial charge is 0.488 e. The summed E-state index contributed by atoms with van der Waals surface area (Å²) < 4.78 is 18.3. The summed E-state index contributed by atoms with van der Waals surface area (Å²) in [7, 11) is 0. The number of hydrogen-bond acceptors (Lipinski definition) is 4. The molecule has 0 bridgehead atoms. The van der Waals surface area contributed by atoms with Crippen molar-refractivity contribution < 1.29 is 19.3 Å². The predicted octanol–water partition coefficient (Wildman–Crippen LogP) is 0.192. The van der Waals surface area contributed by atoms with Crippen LogP contribution in [0.1, 0.15) is 5.56 Å². The van der Waals surface area contributed by atoms with E-state index in [1.807, 2.05) is 0 Å². The second kappa shape index (κ2) is 5.74. The molecule has 4 N–H and O–H groups in total. The summed E-state index contributed by atoms with van der Waals surface area (Å²) in [6.45, 7) is -0.619. The lowest BCUT2D eigenvalue weighted by Gasteiger charge is -2.11. The zero-order valence-corrected chi connectivity index (χ0v) is 9.21. The Morgan fingerprint density at radius 1 is 1.56 bits per heavy atom. The Balaban J connectivity index is 2.72. The van der Waals surface area contributed by atoms with Crippen LogP contribution in [0.2, 0.25) is 0 Å². The van der Waals surface area contributed by atoms with Crippen molar-refractivity contribution in [3.63, 3.8) is 0 Å². The molecule has 0 fully saturated rings. The van der Waals surface area contributed by atoms with Crippen molar-refractivity contribution in [3.8, 4) is 5.75 Å². The summed E-state index contributed by atoms with van der Waals surface area (Å²) in [5, 5.41) is 17.6. The van der Waals surface area contributed by atoms with Gasteiger partial charge in [0.15, 0.2) is 11.6 Å². The van der Waals surface area contributed by atoms with Gasteiger partial charge in [0.05, 0.1) is 6.61 Å². The van der Waals surface area contributed by atoms with E-state index in [4.69, 9.17) is 20.7 Å². The number of aliphatic hydroxyl groups is 2. The molecule has 0 aliphatic heterocycles. The molecule has 0 saturated heterocycles. The second-order valence-corrected chi connectivity index (χ2v) is 3.60. The fourth-order valence-corrected chi connectivity index (χ4v) is 1.14. The van der Waals surface area contributed by atoms with Gasteiger partial charge in [-0.3, -0.25) is 0 Å². The fourth-order valence-electron chi connectivity index (χ4n) is 1.01. The molecule has 0 heterocycles. The number of rotatable bonds is 5. The average molecular weight is 245 g/mol. The Hall–Kier alpha value is -1.24. The summed E-state index contributed by atoms with van der Waals surface area (Å²) in [5.41, 5.74) is 5.73. The summed E-state index contributed by atoms with van der Waals surface area (Å²) in [6, 6.07) is 4.04. The van der Waals surface area contributed by atoms with Crippen molar-refractivity contribution in [2.45, 2.75) is 6.10 Å². The molecule has 1 atom stereocenters. The minimum Gasteiger partial charge on any atom is -0.488 e. The lowest BCUT2D eigenvalue weighted by molar-refractivity contribution is 0.0523. The van der Waals surface area contributed by atoms with Crippen molar-refractivity contribution in [3.05, 3.63) is 29.6 Å². The maximum atomic E-state index is 13.4. The molecular formula is C10H12FNO3S. The number of hydrogen-bond donors (Lipinski definition) is 3. The molecule has 1 rings (SSSR count). The summed E-state index contributed by atoms with van der Waals surface area (Å²) >= 11 is 4.69. The zero-order chi connectivity index (χ0) is 12.1. The van der Waals surface area contributed by atoms with Gasteiger partial charge in [-0.25, -0.2) is 4.39 Å². The van der Waals surface area contributed by atoms with Crippen molar-refractivity contribution in [2.75, 3.05) is 13.2 Å². The second-order valence-electron chi connectivity index (χ2n) is 3.16. The highest BCUT2D eigenvalue weighted by atomic mass is 32.1. The Morgan fingerprint density at radius 2 is 2.25 bits per heavy atom. The van der Waals surface area contributed by atoms with Gasteiger partial charge in [0.1, 0.15) is 17.7 Å². The van der Waals surface area contributed by atoms with E-state index in [0.29, 0.717) is 5.56 Å². The lowest BCUT2D eigenvalue weighted by Crippen LogP contribution is -2.21. The molecule has 1 unspecified atom stereocenters. The highest BCUT2D eigenvalue weighted by Crippen LogP contribution is 2.18. The Morgan fingerprint density at radius 3 is 2.75 bits per heavy atom. The van der Waals surface area contributed by atoms with Crippen LogP contribution in [0.3, 0.4) is 0 Å². The van der Waals surface area contributed by atoms with Gasteiger partial charge in [-0.1, -0.05) is 12.2 Å². The van der Waals surface area contributed by atoms with E-state index in [9.17, 15) is 4.39 Å². The third-order valence-corrected chi connectivity index (χ3v) is 2.09. The molecule has 88 valence electrons. The van der Waals surface area contributed by atoms with Crippen LogP contribution >= 0.6 is 12.2 Å². The number of ether oxygens (including phenoxy) is 1. The van der Waals surface area contributed by atoms with Crippen LogP contribution in [0.25, 0.3) is 0 Å². The summed E-state index contributed by atoms with van der Waals surface area (Å²) in [4.78, 5) is 0.0980. The van der Waals surface area contributed by atoms with E-state index < -0.39 is 18.5 Å². The number of benzene rings is 1. The number of thiocarbonyl (C=S) groups is 1. The van der Waals surface area contributed by atoms with Crippen molar-refractivity contribution in [1.29, 1.82) is 0 Å². The van der Waals surface area contributed by atoms with Gasteiger partial charge in [-0.2, -0.15) is 0 Å². The van der Waals surface area contributed by atoms with E-state index >= 15 is 0 Å². The number of nitrogens with two attached hydrogens (primary N) is 1. The Labute approximate surface area is 97.5 Å². The van der Waals surface area contributed by atoms with Gasteiger partial charge < -0.3 is 20.7 Å². The molecule has 0 saturated carbocycles. The summed E-state index contributed by atoms with van der Waals surface area (Å²) in [6.07, 6.45) is -1.03. The molecule has 1 aromatic rings. The van der Waals surface area contributed by atoms with E-state index in [2.05, 4.69) is 12.2 Å². The predicted molar refractivity (Wildman–Crippen MR) is 60.9 cm³/mol. The Bertz CT molecular complexity index is 386. The standard InChI is InChI=1S/C10H12FNO3S/c11-8-3-6(10(12)16)1-2-9(8)15-5-7(14)4-13/h1-3,7,13-14H,4-5H2,(H2,12,16). The molecule has 1 aromatic carbocycles. The van der Waals surface area contributed by atoms with Gasteiger partial charge in [-0.05, 0) is 18.2 Å². The molecule has 0 radical (unpaired) electrons. The third kappa shape index (κ3) is 3.41. The van der Waals surface area contributed by atoms with Crippen LogP contribution in [0.4, 0.5) is 4.39 Å². The van der Waals surface area contributed by atoms with E-state index in [1.54, 1.807) is 0 Å². The first-order chi connectivity index (χ1) is 7.54. The van der Waals surface area contributed by atoms with Gasteiger partial charge in [0.2, 0.25) is 0 Å². The number of aliphatic hydroxyl groups excluding tert-OH is 2. The first-order valence-electron chi connectivity index (χ1n) is 4.55. The van der Waals surface area contributed by atoms with Gasteiger partial charge in [-0.15, -0.1) is 0 Å². The highest BCUT2D eigenvalue weighted by Gasteiger charge is 2.08. The molecule has 0 spiro atoms. The Kier molecular flexibility index (Phi) is 4.60. The molecular weight excluding hydrogens is 233 g/mol. The van der Waals surface area contributed by atoms with Crippen LogP contribution < -0.4 is 10.5 Å². The quantitative estimate of drug-likeness (QED) is 0.646. The molecule has 16 heavy (non-hydrogen) atoms. The highest BCUT2D eigenvalue weighted by molar-refractivity contribution is 7.80. The van der Waals surface area contributed by atoms with Crippen LogP contribution in [-0.4, -0.2) is 34.5 Å². The molecule has 0 aliphatic rings. The summed E-state index contributed by atoms with van der Waals surface area (Å²) in [5.74, 6) is -0.636. The maximum Gasteiger partial charge on any atom is 0.165 e. The monoisotopic (exact) mass is 245 g/mol. The normalized spacial score (nSPS) is 12.2. The lowest BCUT2D eigenvalue weighted by atomic mass is 10.2. The minimum absolute atomic E-state index is 0.0208. The van der Waals surface area contributed by atoms with Crippen LogP contribution in [0.5, 0.6) is 5.75 Å². The molecule has 4 nitrogen and oxygen atoms in total. The van der Waals surface area contributed by atoms with Gasteiger partial charge in [0.25, 0.3) is 0 Å². The molecule has 0 aromatic heterocycles. The van der Waals surface area contributed by atoms with Crippen LogP contribution in [0, 0.1) is 5.82 Å². The maximum absolute atomic E-state index is 13.4. The third-order valence-electron chi connectivity index (χ3n) is 1.86. The van der Waals surface area contributed by atoms with E-state index in [-0.39, 0.29) is 17.3 Å². The number of halogens is 1. The average Bonchev–Trinajstić information content (AvgIpc) is 2.26. The fraction of sp³-hybridized carbons (Fsp3) is 0.300. The van der Waals surface area contributed by atoms with Crippen LogP contribution in [-0.2, 0) is 0 Å². The minimum atomic E-state index is -1.03. The first kappa shape index (κ1) is 12.8. The van der Waals surface area contributed by atoms with Crippen molar-refractivity contribution in [2.24, 2.45) is 5.73 Å². The zero-order valence-electron chi connectivity index (χ0n) is 8.39. The molecule has 0 aliphatic carbocycles. The SMILES string of the molecule is NC(=S)c1ccc(OCC(O)CO)c(F)c1. The van der Waals surface area contributed by atoms with E-state index in [1.165, 1.54) is 12.1 Å². The van der Waals surface area contributed by atoms with E-state index in [0.717, 1.165) is 6.07 Å². The van der Waals surface area contributed by atoms with Crippen LogP contribution in [0.15, 0.2) is 18.2 Å². The van der Waals surface area contributed by atoms with Crippen molar-refractivity contribution >= 4 is 17.2 Å². The first-order valence-corrected chi connectivity index (χ1v) is 4.96. The molecule has 0 amide bonds. The van der Waals surface area contributed by atoms with Gasteiger partial charge in [0, 0.05) is 5.56 Å².